The van der Waals surface area contributed by atoms with E-state index in [1.54, 1.807) is 0 Å². The van der Waals surface area contributed by atoms with Gasteiger partial charge in [-0.25, -0.2) is 0 Å². The van der Waals surface area contributed by atoms with Crippen molar-refractivity contribution in [3.63, 3.8) is 0 Å². The maximum absolute atomic E-state index is 6.03. The van der Waals surface area contributed by atoms with Crippen LogP contribution in [0, 0.1) is 0 Å². The molecular weight excluding hydrogens is 224 g/mol. The molecule has 0 bridgehead atoms. The summed E-state index contributed by atoms with van der Waals surface area (Å²) in [5.41, 5.74) is 8.45. The third-order valence-electron chi connectivity index (χ3n) is 3.55. The van der Waals surface area contributed by atoms with Crippen LogP contribution in [-0.4, -0.2) is 25.3 Å². The molecule has 0 radical (unpaired) electrons. The first-order chi connectivity index (χ1) is 8.52. The average Bonchev–Trinajstić information content (AvgIpc) is 2.37. The fourth-order valence-electron chi connectivity index (χ4n) is 2.40. The van der Waals surface area contributed by atoms with Crippen molar-refractivity contribution in [1.82, 2.24) is 0 Å². The third-order valence-corrected chi connectivity index (χ3v) is 3.55. The zero-order chi connectivity index (χ0) is 13.2. The fraction of sp³-hybridized carbons (Fsp3) is 0.600. The number of hydrogen-bond acceptors (Lipinski definition) is 3. The Morgan fingerprint density at radius 1 is 1.33 bits per heavy atom. The molecule has 0 saturated carbocycles. The van der Waals surface area contributed by atoms with Crippen LogP contribution in [0.15, 0.2) is 24.3 Å². The van der Waals surface area contributed by atoms with E-state index in [4.69, 9.17) is 10.5 Å². The lowest BCUT2D eigenvalue weighted by atomic mass is 10.0. The number of rotatable bonds is 3. The Bertz CT molecular complexity index is 386. The second-order valence-corrected chi connectivity index (χ2v) is 5.64. The van der Waals surface area contributed by atoms with Crippen LogP contribution in [-0.2, 0) is 4.74 Å². The third kappa shape index (κ3) is 3.03. The van der Waals surface area contributed by atoms with Gasteiger partial charge in [-0.2, -0.15) is 0 Å². The van der Waals surface area contributed by atoms with Crippen molar-refractivity contribution in [1.29, 1.82) is 0 Å². The molecule has 0 aromatic heterocycles. The highest BCUT2D eigenvalue weighted by Crippen LogP contribution is 2.24. The molecule has 2 N–H and O–H groups in total. The smallest absolute Gasteiger partial charge is 0.0801 e. The molecule has 1 aliphatic heterocycles. The van der Waals surface area contributed by atoms with E-state index in [1.165, 1.54) is 11.3 Å². The van der Waals surface area contributed by atoms with Gasteiger partial charge in [-0.1, -0.05) is 19.1 Å². The van der Waals surface area contributed by atoms with Gasteiger partial charge in [0.05, 0.1) is 12.2 Å². The summed E-state index contributed by atoms with van der Waals surface area (Å²) in [5, 5.41) is 0. The van der Waals surface area contributed by atoms with Crippen LogP contribution in [0.5, 0.6) is 0 Å². The first-order valence-corrected chi connectivity index (χ1v) is 6.76. The molecule has 1 aromatic carbocycles. The number of ether oxygens (including phenoxy) is 1. The van der Waals surface area contributed by atoms with Crippen molar-refractivity contribution in [3.8, 4) is 0 Å². The minimum absolute atomic E-state index is 0.0588. The van der Waals surface area contributed by atoms with Gasteiger partial charge in [0, 0.05) is 24.8 Å². The van der Waals surface area contributed by atoms with Gasteiger partial charge >= 0.3 is 0 Å². The summed E-state index contributed by atoms with van der Waals surface area (Å²) in [7, 11) is 0. The van der Waals surface area contributed by atoms with Crippen molar-refractivity contribution >= 4 is 5.69 Å². The lowest BCUT2D eigenvalue weighted by molar-refractivity contribution is -0.0276. The van der Waals surface area contributed by atoms with Crippen molar-refractivity contribution < 1.29 is 4.74 Å². The molecule has 3 heteroatoms. The molecule has 0 spiro atoms. The summed E-state index contributed by atoms with van der Waals surface area (Å²) in [6.07, 6.45) is 0.976. The van der Waals surface area contributed by atoms with Gasteiger partial charge < -0.3 is 15.4 Å². The van der Waals surface area contributed by atoms with Crippen LogP contribution < -0.4 is 10.6 Å². The topological polar surface area (TPSA) is 38.5 Å². The molecule has 2 rings (SSSR count). The molecule has 0 aliphatic carbocycles. The highest BCUT2D eigenvalue weighted by atomic mass is 16.5. The summed E-state index contributed by atoms with van der Waals surface area (Å²) in [6.45, 7) is 9.09. The predicted octanol–water partition coefficient (Wildman–Crippen LogP) is 2.71. The number of hydrogen-bond donors (Lipinski definition) is 1. The second kappa shape index (κ2) is 5.29. The van der Waals surface area contributed by atoms with Crippen LogP contribution >= 0.6 is 0 Å². The Morgan fingerprint density at radius 2 is 2.00 bits per heavy atom. The fourth-order valence-corrected chi connectivity index (χ4v) is 2.40. The van der Waals surface area contributed by atoms with Gasteiger partial charge in [0.1, 0.15) is 0 Å². The van der Waals surface area contributed by atoms with Crippen molar-refractivity contribution in [3.05, 3.63) is 29.8 Å². The standard InChI is InChI=1S/C15H24N2O/c1-4-14(16)12-5-7-13(8-6-12)17-9-10-18-15(2,3)11-17/h5-8,14H,4,9-11,16H2,1-3H3/t14-/m1/s1. The maximum atomic E-state index is 6.03. The van der Waals surface area contributed by atoms with Crippen molar-refractivity contribution in [2.24, 2.45) is 5.73 Å². The SMILES string of the molecule is CC[C@@H](N)c1ccc(N2CCOC(C)(C)C2)cc1. The molecule has 1 heterocycles. The van der Waals surface area contributed by atoms with Crippen LogP contribution in [0.25, 0.3) is 0 Å². The van der Waals surface area contributed by atoms with E-state index < -0.39 is 0 Å². The largest absolute Gasteiger partial charge is 0.372 e. The van der Waals surface area contributed by atoms with Gasteiger partial charge in [0.25, 0.3) is 0 Å². The van der Waals surface area contributed by atoms with Crippen LogP contribution in [0.1, 0.15) is 38.8 Å². The lowest BCUT2D eigenvalue weighted by Gasteiger charge is -2.39. The molecule has 1 aliphatic rings. The first kappa shape index (κ1) is 13.4. The number of nitrogens with zero attached hydrogens (tertiary/aromatic N) is 1. The zero-order valence-corrected chi connectivity index (χ0v) is 11.6. The number of morpholine rings is 1. The number of nitrogens with two attached hydrogens (primary N) is 1. The van der Waals surface area contributed by atoms with Crippen LogP contribution in [0.2, 0.25) is 0 Å². The van der Waals surface area contributed by atoms with Gasteiger partial charge in [-0.3, -0.25) is 0 Å². The average molecular weight is 248 g/mol. The Labute approximate surface area is 110 Å². The van der Waals surface area contributed by atoms with Gasteiger partial charge in [0.2, 0.25) is 0 Å². The molecule has 100 valence electrons. The van der Waals surface area contributed by atoms with E-state index >= 15 is 0 Å². The summed E-state index contributed by atoms with van der Waals surface area (Å²) >= 11 is 0. The highest BCUT2D eigenvalue weighted by Gasteiger charge is 2.27. The molecule has 0 unspecified atom stereocenters. The molecule has 1 saturated heterocycles. The summed E-state index contributed by atoms with van der Waals surface area (Å²) in [5.74, 6) is 0. The van der Waals surface area contributed by atoms with E-state index in [-0.39, 0.29) is 11.6 Å². The van der Waals surface area contributed by atoms with Gasteiger partial charge in [-0.05, 0) is 38.0 Å². The van der Waals surface area contributed by atoms with Gasteiger partial charge in [0.15, 0.2) is 0 Å². The van der Waals surface area contributed by atoms with E-state index in [2.05, 4.69) is 49.9 Å². The molecule has 18 heavy (non-hydrogen) atoms. The minimum Gasteiger partial charge on any atom is -0.372 e. The minimum atomic E-state index is -0.0588. The van der Waals surface area contributed by atoms with Crippen molar-refractivity contribution in [2.75, 3.05) is 24.6 Å². The molecule has 1 atom stereocenters. The molecule has 0 amide bonds. The highest BCUT2D eigenvalue weighted by molar-refractivity contribution is 5.48. The molecule has 1 fully saturated rings. The number of benzene rings is 1. The number of anilines is 1. The Hall–Kier alpha value is -1.06. The van der Waals surface area contributed by atoms with E-state index in [1.807, 2.05) is 0 Å². The summed E-state index contributed by atoms with van der Waals surface area (Å²) in [4.78, 5) is 2.38. The molecule has 1 aromatic rings. The Balaban J connectivity index is 2.09. The first-order valence-electron chi connectivity index (χ1n) is 6.76. The Kier molecular flexibility index (Phi) is 3.93. The Morgan fingerprint density at radius 3 is 2.56 bits per heavy atom. The lowest BCUT2D eigenvalue weighted by Crippen LogP contribution is -2.48. The second-order valence-electron chi connectivity index (χ2n) is 5.64. The molecule has 3 nitrogen and oxygen atoms in total. The van der Waals surface area contributed by atoms with Crippen LogP contribution in [0.3, 0.4) is 0 Å². The van der Waals surface area contributed by atoms with Crippen molar-refractivity contribution in [2.45, 2.75) is 38.8 Å². The van der Waals surface area contributed by atoms with E-state index in [0.717, 1.165) is 26.1 Å². The summed E-state index contributed by atoms with van der Waals surface area (Å²) < 4.78 is 5.73. The predicted molar refractivity (Wildman–Crippen MR) is 75.9 cm³/mol. The van der Waals surface area contributed by atoms with E-state index in [0.29, 0.717) is 0 Å². The van der Waals surface area contributed by atoms with Crippen LogP contribution in [0.4, 0.5) is 5.69 Å². The monoisotopic (exact) mass is 248 g/mol. The zero-order valence-electron chi connectivity index (χ0n) is 11.6. The quantitative estimate of drug-likeness (QED) is 0.894. The van der Waals surface area contributed by atoms with Gasteiger partial charge in [-0.15, -0.1) is 0 Å². The normalized spacial score (nSPS) is 20.8. The molecular formula is C15H24N2O. The van der Waals surface area contributed by atoms with E-state index in [9.17, 15) is 0 Å². The summed E-state index contributed by atoms with van der Waals surface area (Å²) in [6, 6.07) is 8.79. The maximum Gasteiger partial charge on any atom is 0.0801 e.